The number of hydrogen-bond donors (Lipinski definition) is 1. The van der Waals surface area contributed by atoms with Crippen LogP contribution in [-0.2, 0) is 28.2 Å². The first-order valence-corrected chi connectivity index (χ1v) is 12.8. The molecule has 0 unspecified atom stereocenters. The van der Waals surface area contributed by atoms with Gasteiger partial charge in [-0.2, -0.15) is 8.78 Å². The summed E-state index contributed by atoms with van der Waals surface area (Å²) in [5, 5.41) is 4.19. The summed E-state index contributed by atoms with van der Waals surface area (Å²) < 4.78 is 54.4. The van der Waals surface area contributed by atoms with Crippen LogP contribution in [0.4, 0.5) is 24.7 Å². The minimum Gasteiger partial charge on any atom is -0.380 e. The van der Waals surface area contributed by atoms with Crippen molar-refractivity contribution >= 4 is 22.4 Å². The number of aromatic nitrogens is 2. The van der Waals surface area contributed by atoms with E-state index in [1.807, 2.05) is 6.92 Å². The van der Waals surface area contributed by atoms with E-state index in [0.29, 0.717) is 11.6 Å². The highest BCUT2D eigenvalue weighted by Crippen LogP contribution is 2.46. The molecule has 6 nitrogen and oxygen atoms in total. The van der Waals surface area contributed by atoms with E-state index in [1.54, 1.807) is 6.92 Å². The van der Waals surface area contributed by atoms with Gasteiger partial charge in [0.25, 0.3) is 5.92 Å². The van der Waals surface area contributed by atoms with Crippen molar-refractivity contribution in [1.82, 2.24) is 9.97 Å². The van der Waals surface area contributed by atoms with Crippen LogP contribution in [0.3, 0.4) is 0 Å². The largest absolute Gasteiger partial charge is 0.380 e. The predicted octanol–water partition coefficient (Wildman–Crippen LogP) is 5.31. The Kier molecular flexibility index (Phi) is 5.84. The number of rotatable bonds is 7. The monoisotopic (exact) mass is 512 g/mol. The van der Waals surface area contributed by atoms with E-state index in [4.69, 9.17) is 9.72 Å². The summed E-state index contributed by atoms with van der Waals surface area (Å²) in [5.74, 6) is -3.17. The smallest absolute Gasteiger partial charge is 0.298 e. The van der Waals surface area contributed by atoms with Gasteiger partial charge in [-0.05, 0) is 56.4 Å². The molecule has 3 aromatic rings. The van der Waals surface area contributed by atoms with Crippen molar-refractivity contribution in [3.8, 4) is 0 Å². The normalized spacial score (nSPS) is 19.0. The van der Waals surface area contributed by atoms with Crippen molar-refractivity contribution < 1.29 is 22.6 Å². The highest BCUT2D eigenvalue weighted by Gasteiger charge is 2.49. The van der Waals surface area contributed by atoms with Gasteiger partial charge >= 0.3 is 0 Å². The number of fused-ring (bicyclic) bond motifs is 3. The van der Waals surface area contributed by atoms with Gasteiger partial charge in [-0.1, -0.05) is 12.1 Å². The highest BCUT2D eigenvalue weighted by molar-refractivity contribution is 5.96. The standard InChI is InChI=1S/C28H31F3N4O2/c1-16(18-6-5-9-22(24(18)29)28(30,31)15-36-3)32-26-21-10-23(35-11-27(12-35)13-37-14-27)19-7-4-8-20(19)25(21)33-17(2)34-26/h5-6,9-10,16H,4,7-8,11-15H2,1-3H3,(H,32,33,34)/t16-/m1/s1. The minimum absolute atomic E-state index is 0.147. The number of methoxy groups -OCH3 is 1. The third kappa shape index (κ3) is 4.03. The summed E-state index contributed by atoms with van der Waals surface area (Å²) in [6.45, 7) is 6.30. The Morgan fingerprint density at radius 1 is 1.19 bits per heavy atom. The minimum atomic E-state index is -3.43. The highest BCUT2D eigenvalue weighted by atomic mass is 19.3. The second kappa shape index (κ2) is 8.84. The van der Waals surface area contributed by atoms with E-state index >= 15 is 4.39 Å². The number of nitrogens with one attached hydrogen (secondary N) is 1. The van der Waals surface area contributed by atoms with E-state index in [9.17, 15) is 8.78 Å². The van der Waals surface area contributed by atoms with Gasteiger partial charge in [-0.25, -0.2) is 14.4 Å². The topological polar surface area (TPSA) is 59.5 Å². The SMILES string of the molecule is COCC(F)(F)c1cccc([C@@H](C)Nc2nc(C)nc3c4c(c(N5CC6(COC6)C5)cc23)CCC4)c1F. The number of nitrogens with zero attached hydrogens (tertiary/aromatic N) is 3. The van der Waals surface area contributed by atoms with Crippen molar-refractivity contribution in [1.29, 1.82) is 0 Å². The van der Waals surface area contributed by atoms with E-state index in [1.165, 1.54) is 36.1 Å². The van der Waals surface area contributed by atoms with Gasteiger partial charge in [0.1, 0.15) is 24.1 Å². The van der Waals surface area contributed by atoms with Crippen LogP contribution in [-0.4, -0.2) is 50.0 Å². The Balaban J connectivity index is 1.38. The molecule has 2 saturated heterocycles. The zero-order valence-electron chi connectivity index (χ0n) is 21.3. The molecule has 3 aliphatic rings. The van der Waals surface area contributed by atoms with Crippen LogP contribution in [0.25, 0.3) is 10.9 Å². The number of aryl methyl sites for hydroxylation is 2. The van der Waals surface area contributed by atoms with Crippen molar-refractivity contribution in [2.45, 2.75) is 45.1 Å². The van der Waals surface area contributed by atoms with Crippen molar-refractivity contribution in [2.24, 2.45) is 5.41 Å². The number of halogens is 3. The third-order valence-corrected chi connectivity index (χ3v) is 7.93. The van der Waals surface area contributed by atoms with Gasteiger partial charge in [0.15, 0.2) is 0 Å². The quantitative estimate of drug-likeness (QED) is 0.463. The van der Waals surface area contributed by atoms with Crippen LogP contribution in [0, 0.1) is 18.2 Å². The molecular formula is C28H31F3N4O2. The summed E-state index contributed by atoms with van der Waals surface area (Å²) in [7, 11) is 1.17. The third-order valence-electron chi connectivity index (χ3n) is 7.93. The predicted molar refractivity (Wildman–Crippen MR) is 136 cm³/mol. The van der Waals surface area contributed by atoms with Crippen LogP contribution in [0.1, 0.15) is 47.5 Å². The lowest BCUT2D eigenvalue weighted by atomic mass is 9.77. The Hall–Kier alpha value is -2.91. The van der Waals surface area contributed by atoms with Gasteiger partial charge < -0.3 is 19.7 Å². The zero-order valence-corrected chi connectivity index (χ0v) is 21.3. The molecular weight excluding hydrogens is 481 g/mol. The van der Waals surface area contributed by atoms with Crippen LogP contribution in [0.15, 0.2) is 24.3 Å². The first kappa shape index (κ1) is 24.4. The molecule has 1 atom stereocenters. The molecule has 0 amide bonds. The lowest BCUT2D eigenvalue weighted by Crippen LogP contribution is -2.66. The molecule has 1 aromatic heterocycles. The molecule has 0 saturated carbocycles. The van der Waals surface area contributed by atoms with E-state index < -0.39 is 30.0 Å². The molecule has 0 radical (unpaired) electrons. The van der Waals surface area contributed by atoms with E-state index in [2.05, 4.69) is 26.0 Å². The van der Waals surface area contributed by atoms with Gasteiger partial charge in [-0.15, -0.1) is 0 Å². The Labute approximate surface area is 214 Å². The molecule has 2 fully saturated rings. The van der Waals surface area contributed by atoms with Crippen LogP contribution < -0.4 is 10.2 Å². The zero-order chi connectivity index (χ0) is 25.9. The van der Waals surface area contributed by atoms with Crippen LogP contribution >= 0.6 is 0 Å². The van der Waals surface area contributed by atoms with Crippen LogP contribution in [0.2, 0.25) is 0 Å². The first-order valence-electron chi connectivity index (χ1n) is 12.8. The Morgan fingerprint density at radius 3 is 2.65 bits per heavy atom. The molecule has 1 aliphatic carbocycles. The summed E-state index contributed by atoms with van der Waals surface area (Å²) in [6, 6.07) is 5.64. The molecule has 37 heavy (non-hydrogen) atoms. The van der Waals surface area contributed by atoms with Gasteiger partial charge in [0, 0.05) is 36.8 Å². The Morgan fingerprint density at radius 2 is 1.95 bits per heavy atom. The molecule has 1 N–H and O–H groups in total. The fraction of sp³-hybridized carbons (Fsp3) is 0.500. The maximum Gasteiger partial charge on any atom is 0.298 e. The molecule has 196 valence electrons. The number of ether oxygens (including phenoxy) is 2. The molecule has 2 aromatic carbocycles. The van der Waals surface area contributed by atoms with Crippen molar-refractivity contribution in [3.05, 3.63) is 58.2 Å². The summed E-state index contributed by atoms with van der Waals surface area (Å²) in [6.07, 6.45) is 3.06. The molecule has 6 rings (SSSR count). The molecule has 0 bridgehead atoms. The van der Waals surface area contributed by atoms with Gasteiger partial charge in [0.05, 0.1) is 35.8 Å². The lowest BCUT2D eigenvalue weighted by Gasteiger charge is -2.56. The lowest BCUT2D eigenvalue weighted by molar-refractivity contribution is -0.127. The fourth-order valence-electron chi connectivity index (χ4n) is 6.07. The first-order chi connectivity index (χ1) is 17.7. The average Bonchev–Trinajstić information content (AvgIpc) is 3.28. The van der Waals surface area contributed by atoms with Crippen LogP contribution in [0.5, 0.6) is 0 Å². The molecule has 1 spiro atoms. The molecule has 3 heterocycles. The number of anilines is 2. The number of alkyl halides is 2. The summed E-state index contributed by atoms with van der Waals surface area (Å²) in [4.78, 5) is 11.9. The van der Waals surface area contributed by atoms with E-state index in [-0.39, 0.29) is 11.0 Å². The Bertz CT molecular complexity index is 1370. The molecule has 9 heteroatoms. The van der Waals surface area contributed by atoms with Crippen molar-refractivity contribution in [2.75, 3.05) is 50.2 Å². The summed E-state index contributed by atoms with van der Waals surface area (Å²) >= 11 is 0. The van der Waals surface area contributed by atoms with Crippen molar-refractivity contribution in [3.63, 3.8) is 0 Å². The summed E-state index contributed by atoms with van der Waals surface area (Å²) in [5.41, 5.74) is 4.51. The van der Waals surface area contributed by atoms with E-state index in [0.717, 1.165) is 62.5 Å². The van der Waals surface area contributed by atoms with Gasteiger partial charge in [0.2, 0.25) is 0 Å². The average molecular weight is 513 g/mol. The fourth-order valence-corrected chi connectivity index (χ4v) is 6.07. The van der Waals surface area contributed by atoms with Gasteiger partial charge in [-0.3, -0.25) is 0 Å². The molecule has 2 aliphatic heterocycles. The second-order valence-corrected chi connectivity index (χ2v) is 10.8. The number of benzene rings is 2. The maximum absolute atomic E-state index is 15.3. The maximum atomic E-state index is 15.3. The number of hydrogen-bond acceptors (Lipinski definition) is 6. The second-order valence-electron chi connectivity index (χ2n) is 10.8.